The van der Waals surface area contributed by atoms with E-state index in [1.54, 1.807) is 43.3 Å². The molecule has 0 saturated heterocycles. The summed E-state index contributed by atoms with van der Waals surface area (Å²) in [6.07, 6.45) is -4.92. The zero-order valence-corrected chi connectivity index (χ0v) is 18.8. The molecule has 7 nitrogen and oxygen atoms in total. The minimum Gasteiger partial charge on any atom is -0.491 e. The molecule has 0 saturated carbocycles. The van der Waals surface area contributed by atoms with E-state index in [0.29, 0.717) is 5.75 Å². The molecule has 34 heavy (non-hydrogen) atoms. The van der Waals surface area contributed by atoms with Gasteiger partial charge in [-0.3, -0.25) is 14.4 Å². The summed E-state index contributed by atoms with van der Waals surface area (Å²) < 4.78 is 43.7. The van der Waals surface area contributed by atoms with E-state index in [1.807, 2.05) is 17.4 Å². The third-order valence-electron chi connectivity index (χ3n) is 5.38. The zero-order valence-electron chi connectivity index (χ0n) is 18.8. The van der Waals surface area contributed by atoms with Crippen LogP contribution in [0.15, 0.2) is 48.5 Å². The molecule has 1 aliphatic rings. The van der Waals surface area contributed by atoms with Crippen LogP contribution >= 0.6 is 0 Å². The topological polar surface area (TPSA) is 87.7 Å². The van der Waals surface area contributed by atoms with Crippen molar-refractivity contribution in [2.75, 3.05) is 20.2 Å². The SMILES string of the molecule is C[C@H]1COc2cccc(c2)-c2cccc(c2)C(=O)N(C)[C@H](C(=O)NCC(F)(F)F)CCC(=O)N1. The number of nitrogens with zero attached hydrogens (tertiary/aromatic N) is 1. The van der Waals surface area contributed by atoms with E-state index in [0.717, 1.165) is 16.0 Å². The Kier molecular flexibility index (Phi) is 7.80. The second kappa shape index (κ2) is 10.6. The Hall–Kier alpha value is -3.56. The number of alkyl halides is 3. The Balaban J connectivity index is 1.95. The normalized spacial score (nSPS) is 19.7. The fourth-order valence-corrected chi connectivity index (χ4v) is 3.63. The maximum Gasteiger partial charge on any atom is 0.405 e. The van der Waals surface area contributed by atoms with Crippen LogP contribution in [-0.4, -0.2) is 61.1 Å². The fraction of sp³-hybridized carbons (Fsp3) is 0.375. The second-order valence-electron chi connectivity index (χ2n) is 8.19. The number of hydrogen-bond donors (Lipinski definition) is 2. The number of benzene rings is 2. The molecular formula is C24H26F3N3O4. The number of hydrogen-bond acceptors (Lipinski definition) is 4. The third-order valence-corrected chi connectivity index (χ3v) is 5.38. The summed E-state index contributed by atoms with van der Waals surface area (Å²) in [4.78, 5) is 39.2. The Labute approximate surface area is 195 Å². The van der Waals surface area contributed by atoms with Crippen LogP contribution in [-0.2, 0) is 9.59 Å². The summed E-state index contributed by atoms with van der Waals surface area (Å²) >= 11 is 0. The van der Waals surface area contributed by atoms with Crippen LogP contribution in [0.5, 0.6) is 5.75 Å². The van der Waals surface area contributed by atoms with Gasteiger partial charge in [0, 0.05) is 19.0 Å². The van der Waals surface area contributed by atoms with Gasteiger partial charge < -0.3 is 20.3 Å². The van der Waals surface area contributed by atoms with Crippen LogP contribution in [0.4, 0.5) is 13.2 Å². The quantitative estimate of drug-likeness (QED) is 0.696. The molecule has 3 amide bonds. The molecule has 0 aliphatic carbocycles. The first-order valence-electron chi connectivity index (χ1n) is 10.8. The highest BCUT2D eigenvalue weighted by atomic mass is 19.4. The number of fused-ring (bicyclic) bond motifs is 5. The van der Waals surface area contributed by atoms with Gasteiger partial charge in [-0.05, 0) is 48.7 Å². The van der Waals surface area contributed by atoms with Crippen molar-refractivity contribution in [2.24, 2.45) is 0 Å². The molecule has 0 radical (unpaired) electrons. The maximum absolute atomic E-state index is 13.2. The van der Waals surface area contributed by atoms with Crippen LogP contribution in [0, 0.1) is 0 Å². The van der Waals surface area contributed by atoms with Gasteiger partial charge >= 0.3 is 6.18 Å². The van der Waals surface area contributed by atoms with Gasteiger partial charge in [-0.2, -0.15) is 13.2 Å². The molecule has 2 aromatic rings. The van der Waals surface area contributed by atoms with Crippen molar-refractivity contribution in [3.05, 3.63) is 54.1 Å². The van der Waals surface area contributed by atoms with Gasteiger partial charge in [0.1, 0.15) is 24.9 Å². The summed E-state index contributed by atoms with van der Waals surface area (Å²) in [6, 6.07) is 12.3. The summed E-state index contributed by atoms with van der Waals surface area (Å²) in [5, 5.41) is 4.56. The highest BCUT2D eigenvalue weighted by Gasteiger charge is 2.33. The molecule has 0 spiro atoms. The molecule has 2 atom stereocenters. The maximum atomic E-state index is 13.2. The van der Waals surface area contributed by atoms with Crippen molar-refractivity contribution in [2.45, 2.75) is 38.0 Å². The molecule has 1 heterocycles. The standard InChI is InChI=1S/C24H26F3N3O4/c1-15-13-34-19-8-4-6-17(12-19)16-5-3-7-18(11-16)23(33)30(2)20(9-10-21(31)29-15)22(32)28-14-24(25,26)27/h3-8,11-12,15,20H,9-10,13-14H2,1-2H3,(H,28,32)(H,29,31)/t15-,20-/m0/s1. The van der Waals surface area contributed by atoms with E-state index in [-0.39, 0.29) is 31.1 Å². The average molecular weight is 477 g/mol. The predicted molar refractivity (Wildman–Crippen MR) is 119 cm³/mol. The van der Waals surface area contributed by atoms with E-state index in [9.17, 15) is 27.6 Å². The summed E-state index contributed by atoms with van der Waals surface area (Å²) in [5.74, 6) is -1.35. The minimum atomic E-state index is -4.60. The molecule has 1 aliphatic heterocycles. The molecule has 0 fully saturated rings. The molecule has 0 unspecified atom stereocenters. The van der Waals surface area contributed by atoms with Crippen molar-refractivity contribution < 1.29 is 32.3 Å². The number of halogens is 3. The number of carbonyl (C=O) groups excluding carboxylic acids is 3. The van der Waals surface area contributed by atoms with Gasteiger partial charge in [-0.1, -0.05) is 24.3 Å². The molecule has 2 aromatic carbocycles. The van der Waals surface area contributed by atoms with Gasteiger partial charge in [0.2, 0.25) is 11.8 Å². The molecule has 10 heteroatoms. The Morgan fingerprint density at radius 3 is 2.47 bits per heavy atom. The Morgan fingerprint density at radius 2 is 1.76 bits per heavy atom. The predicted octanol–water partition coefficient (Wildman–Crippen LogP) is 3.15. The van der Waals surface area contributed by atoms with Crippen molar-refractivity contribution in [3.63, 3.8) is 0 Å². The number of carbonyl (C=O) groups is 3. The lowest BCUT2D eigenvalue weighted by molar-refractivity contribution is -0.141. The van der Waals surface area contributed by atoms with Crippen molar-refractivity contribution in [1.29, 1.82) is 0 Å². The average Bonchev–Trinajstić information content (AvgIpc) is 2.80. The largest absolute Gasteiger partial charge is 0.491 e. The Morgan fingerprint density at radius 1 is 1.12 bits per heavy atom. The smallest absolute Gasteiger partial charge is 0.405 e. The number of rotatable bonds is 2. The van der Waals surface area contributed by atoms with Crippen molar-refractivity contribution in [3.8, 4) is 16.9 Å². The first kappa shape index (κ1) is 25.1. The molecule has 182 valence electrons. The van der Waals surface area contributed by atoms with Crippen LogP contribution in [0.25, 0.3) is 11.1 Å². The Bertz CT molecular complexity index is 1060. The molecule has 4 bridgehead atoms. The molecular weight excluding hydrogens is 451 g/mol. The van der Waals surface area contributed by atoms with Crippen molar-refractivity contribution in [1.82, 2.24) is 15.5 Å². The van der Waals surface area contributed by atoms with Crippen LogP contribution in [0.3, 0.4) is 0 Å². The molecule has 0 aromatic heterocycles. The van der Waals surface area contributed by atoms with E-state index in [2.05, 4.69) is 5.32 Å². The van der Waals surface area contributed by atoms with Gasteiger partial charge in [-0.25, -0.2) is 0 Å². The first-order valence-corrected chi connectivity index (χ1v) is 10.8. The third kappa shape index (κ3) is 6.72. The summed E-state index contributed by atoms with van der Waals surface area (Å²) in [6.45, 7) is 0.414. The fourth-order valence-electron chi connectivity index (χ4n) is 3.63. The summed E-state index contributed by atoms with van der Waals surface area (Å²) in [5.41, 5.74) is 1.78. The van der Waals surface area contributed by atoms with Crippen molar-refractivity contribution >= 4 is 17.7 Å². The van der Waals surface area contributed by atoms with Gasteiger partial charge in [-0.15, -0.1) is 0 Å². The zero-order chi connectivity index (χ0) is 24.9. The van der Waals surface area contributed by atoms with Crippen LogP contribution in [0.2, 0.25) is 0 Å². The second-order valence-corrected chi connectivity index (χ2v) is 8.19. The van der Waals surface area contributed by atoms with E-state index < -0.39 is 36.5 Å². The van der Waals surface area contributed by atoms with E-state index in [1.165, 1.54) is 7.05 Å². The van der Waals surface area contributed by atoms with E-state index >= 15 is 0 Å². The first-order chi connectivity index (χ1) is 16.0. The monoisotopic (exact) mass is 477 g/mol. The number of likely N-dealkylation sites (N-methyl/N-ethyl adjacent to an activating group) is 1. The number of ether oxygens (including phenoxy) is 1. The van der Waals surface area contributed by atoms with Gasteiger partial charge in [0.15, 0.2) is 0 Å². The van der Waals surface area contributed by atoms with Crippen LogP contribution in [0.1, 0.15) is 30.1 Å². The molecule has 2 N–H and O–H groups in total. The minimum absolute atomic E-state index is 0.149. The highest BCUT2D eigenvalue weighted by Crippen LogP contribution is 2.26. The van der Waals surface area contributed by atoms with Gasteiger partial charge in [0.25, 0.3) is 5.91 Å². The lowest BCUT2D eigenvalue weighted by Crippen LogP contribution is -2.50. The molecule has 3 rings (SSSR count). The number of amides is 3. The lowest BCUT2D eigenvalue weighted by atomic mass is 10.0. The van der Waals surface area contributed by atoms with E-state index in [4.69, 9.17) is 4.74 Å². The lowest BCUT2D eigenvalue weighted by Gasteiger charge is -2.28. The van der Waals surface area contributed by atoms with Gasteiger partial charge in [0.05, 0.1) is 6.04 Å². The van der Waals surface area contributed by atoms with Crippen LogP contribution < -0.4 is 15.4 Å². The highest BCUT2D eigenvalue weighted by molar-refractivity contribution is 5.98. The summed E-state index contributed by atoms with van der Waals surface area (Å²) in [7, 11) is 1.34. The number of nitrogens with one attached hydrogen (secondary N) is 2.